The SMILES string of the molecule is CCOOC(=O)N(C)OCC. The average molecular weight is 163 g/mol. The van der Waals surface area contributed by atoms with Crippen molar-refractivity contribution in [2.75, 3.05) is 20.3 Å². The Bertz CT molecular complexity index is 117. The summed E-state index contributed by atoms with van der Waals surface area (Å²) in [5.41, 5.74) is 0. The lowest BCUT2D eigenvalue weighted by Gasteiger charge is -2.13. The van der Waals surface area contributed by atoms with E-state index in [1.165, 1.54) is 7.05 Å². The van der Waals surface area contributed by atoms with Gasteiger partial charge in [-0.3, -0.25) is 9.73 Å². The van der Waals surface area contributed by atoms with Gasteiger partial charge in [0.25, 0.3) is 0 Å². The van der Waals surface area contributed by atoms with Gasteiger partial charge < -0.3 is 0 Å². The van der Waals surface area contributed by atoms with Gasteiger partial charge in [-0.2, -0.15) is 9.95 Å². The largest absolute Gasteiger partial charge is 0.464 e. The third-order valence-corrected chi connectivity index (χ3v) is 0.828. The van der Waals surface area contributed by atoms with Gasteiger partial charge in [0.15, 0.2) is 0 Å². The molecule has 0 radical (unpaired) electrons. The molecule has 5 nitrogen and oxygen atoms in total. The van der Waals surface area contributed by atoms with Crippen molar-refractivity contribution in [3.63, 3.8) is 0 Å². The molecule has 0 aromatic carbocycles. The summed E-state index contributed by atoms with van der Waals surface area (Å²) in [5, 5.41) is 0.968. The van der Waals surface area contributed by atoms with E-state index in [2.05, 4.69) is 9.78 Å². The van der Waals surface area contributed by atoms with E-state index in [0.29, 0.717) is 13.2 Å². The Hall–Kier alpha value is -0.810. The minimum atomic E-state index is -0.659. The van der Waals surface area contributed by atoms with E-state index >= 15 is 0 Å². The first-order chi connectivity index (χ1) is 5.22. The van der Waals surface area contributed by atoms with Crippen molar-refractivity contribution in [2.45, 2.75) is 13.8 Å². The third-order valence-electron chi connectivity index (χ3n) is 0.828. The van der Waals surface area contributed by atoms with Gasteiger partial charge in [-0.05, 0) is 13.8 Å². The maximum atomic E-state index is 10.7. The van der Waals surface area contributed by atoms with Gasteiger partial charge in [0.2, 0.25) is 0 Å². The smallest absolute Gasteiger partial charge is 0.274 e. The number of hydrogen-bond donors (Lipinski definition) is 0. The average Bonchev–Trinajstić information content (AvgIpc) is 2.00. The van der Waals surface area contributed by atoms with Crippen LogP contribution in [0.2, 0.25) is 0 Å². The van der Waals surface area contributed by atoms with E-state index in [4.69, 9.17) is 4.84 Å². The van der Waals surface area contributed by atoms with Crippen LogP contribution in [0.15, 0.2) is 0 Å². The second-order valence-electron chi connectivity index (χ2n) is 1.67. The molecule has 0 N–H and O–H groups in total. The Kier molecular flexibility index (Phi) is 5.50. The second kappa shape index (κ2) is 5.94. The summed E-state index contributed by atoms with van der Waals surface area (Å²) in [7, 11) is 1.45. The van der Waals surface area contributed by atoms with E-state index in [-0.39, 0.29) is 0 Å². The molecule has 0 aromatic heterocycles. The van der Waals surface area contributed by atoms with Crippen molar-refractivity contribution in [1.29, 1.82) is 0 Å². The molecule has 11 heavy (non-hydrogen) atoms. The predicted octanol–water partition coefficient (Wildman–Crippen LogP) is 0.958. The summed E-state index contributed by atoms with van der Waals surface area (Å²) in [6.07, 6.45) is -0.659. The first-order valence-corrected chi connectivity index (χ1v) is 3.42. The molecule has 0 heterocycles. The van der Waals surface area contributed by atoms with Gasteiger partial charge in [-0.1, -0.05) is 0 Å². The molecule has 0 aliphatic carbocycles. The maximum Gasteiger partial charge on any atom is 0.464 e. The number of hydroxylamine groups is 2. The number of carbonyl (C=O) groups is 1. The van der Waals surface area contributed by atoms with Crippen LogP contribution < -0.4 is 0 Å². The van der Waals surface area contributed by atoms with Gasteiger partial charge in [-0.15, -0.1) is 0 Å². The Morgan fingerprint density at radius 3 is 2.45 bits per heavy atom. The van der Waals surface area contributed by atoms with E-state index < -0.39 is 6.09 Å². The number of carbonyl (C=O) groups excluding carboxylic acids is 1. The Balaban J connectivity index is 3.47. The quantitative estimate of drug-likeness (QED) is 0.457. The standard InChI is InChI=1S/C6H13NO4/c1-4-9-7(3)6(8)11-10-5-2/h4-5H2,1-3H3. The fourth-order valence-corrected chi connectivity index (χ4v) is 0.408. The molecule has 0 spiro atoms. The molecule has 0 saturated carbocycles. The summed E-state index contributed by atoms with van der Waals surface area (Å²) in [6, 6.07) is 0. The summed E-state index contributed by atoms with van der Waals surface area (Å²) in [6.45, 7) is 4.22. The van der Waals surface area contributed by atoms with Crippen LogP contribution in [0.25, 0.3) is 0 Å². The third kappa shape index (κ3) is 4.58. The minimum Gasteiger partial charge on any atom is -0.274 e. The second-order valence-corrected chi connectivity index (χ2v) is 1.67. The highest BCUT2D eigenvalue weighted by Gasteiger charge is 2.09. The molecule has 0 fully saturated rings. The highest BCUT2D eigenvalue weighted by molar-refractivity contribution is 5.65. The molecule has 0 aliphatic rings. The zero-order valence-corrected chi connectivity index (χ0v) is 6.99. The molecule has 0 aromatic rings. The highest BCUT2D eigenvalue weighted by atomic mass is 17.2. The van der Waals surface area contributed by atoms with Crippen molar-refractivity contribution < 1.29 is 19.4 Å². The van der Waals surface area contributed by atoms with Gasteiger partial charge in [0.1, 0.15) is 0 Å². The Labute approximate surface area is 65.7 Å². The van der Waals surface area contributed by atoms with Crippen LogP contribution in [-0.4, -0.2) is 31.4 Å². The van der Waals surface area contributed by atoms with Crippen LogP contribution in [-0.2, 0) is 14.6 Å². The van der Waals surface area contributed by atoms with Crippen LogP contribution in [0, 0.1) is 0 Å². The maximum absolute atomic E-state index is 10.7. The van der Waals surface area contributed by atoms with Crippen molar-refractivity contribution in [1.82, 2.24) is 5.06 Å². The lowest BCUT2D eigenvalue weighted by Crippen LogP contribution is -2.27. The van der Waals surface area contributed by atoms with Crippen molar-refractivity contribution in [3.8, 4) is 0 Å². The zero-order valence-electron chi connectivity index (χ0n) is 6.99. The molecule has 1 amide bonds. The lowest BCUT2D eigenvalue weighted by molar-refractivity contribution is -0.262. The molecule has 5 heteroatoms. The summed E-state index contributed by atoms with van der Waals surface area (Å²) < 4.78 is 0. The van der Waals surface area contributed by atoms with E-state index in [0.717, 1.165) is 5.06 Å². The highest BCUT2D eigenvalue weighted by Crippen LogP contribution is 1.91. The van der Waals surface area contributed by atoms with E-state index in [1.807, 2.05) is 0 Å². The monoisotopic (exact) mass is 163 g/mol. The Morgan fingerprint density at radius 1 is 1.36 bits per heavy atom. The number of hydrogen-bond acceptors (Lipinski definition) is 4. The molecule has 0 aliphatic heterocycles. The van der Waals surface area contributed by atoms with Crippen LogP contribution in [0.5, 0.6) is 0 Å². The van der Waals surface area contributed by atoms with Crippen LogP contribution in [0.4, 0.5) is 4.79 Å². The first kappa shape index (κ1) is 10.2. The summed E-state index contributed by atoms with van der Waals surface area (Å²) >= 11 is 0. The molecule has 0 atom stereocenters. The van der Waals surface area contributed by atoms with E-state index in [1.54, 1.807) is 13.8 Å². The van der Waals surface area contributed by atoms with Gasteiger partial charge in [-0.25, -0.2) is 4.79 Å². The topological polar surface area (TPSA) is 48.0 Å². The molecular weight excluding hydrogens is 150 g/mol. The zero-order chi connectivity index (χ0) is 8.69. The predicted molar refractivity (Wildman–Crippen MR) is 37.5 cm³/mol. The van der Waals surface area contributed by atoms with Crippen molar-refractivity contribution in [3.05, 3.63) is 0 Å². The lowest BCUT2D eigenvalue weighted by atomic mass is 10.9. The fourth-order valence-electron chi connectivity index (χ4n) is 0.408. The minimum absolute atomic E-state index is 0.325. The van der Waals surface area contributed by atoms with E-state index in [9.17, 15) is 4.79 Å². The summed E-state index contributed by atoms with van der Waals surface area (Å²) in [5.74, 6) is 0. The number of rotatable bonds is 4. The molecule has 0 saturated heterocycles. The van der Waals surface area contributed by atoms with Gasteiger partial charge in [0.05, 0.1) is 13.2 Å². The number of nitrogens with zero attached hydrogens (tertiary/aromatic N) is 1. The Morgan fingerprint density at radius 2 is 2.00 bits per heavy atom. The van der Waals surface area contributed by atoms with Crippen LogP contribution >= 0.6 is 0 Å². The summed E-state index contributed by atoms with van der Waals surface area (Å²) in [4.78, 5) is 24.2. The molecule has 0 rings (SSSR count). The molecular formula is C6H13NO4. The van der Waals surface area contributed by atoms with Gasteiger partial charge >= 0.3 is 6.09 Å². The molecule has 0 unspecified atom stereocenters. The van der Waals surface area contributed by atoms with Crippen molar-refractivity contribution >= 4 is 6.09 Å². The first-order valence-electron chi connectivity index (χ1n) is 3.42. The van der Waals surface area contributed by atoms with Crippen LogP contribution in [0.3, 0.4) is 0 Å². The molecule has 0 bridgehead atoms. The van der Waals surface area contributed by atoms with Crippen LogP contribution in [0.1, 0.15) is 13.8 Å². The fraction of sp³-hybridized carbons (Fsp3) is 0.833. The van der Waals surface area contributed by atoms with Gasteiger partial charge in [0, 0.05) is 7.05 Å². The number of amides is 1. The molecule has 66 valence electrons. The van der Waals surface area contributed by atoms with Crippen molar-refractivity contribution in [2.24, 2.45) is 0 Å². The normalized spacial score (nSPS) is 9.36.